The topological polar surface area (TPSA) is 59.1 Å². The van der Waals surface area contributed by atoms with Gasteiger partial charge in [0.05, 0.1) is 5.02 Å². The summed E-state index contributed by atoms with van der Waals surface area (Å²) < 4.78 is 31.4. The van der Waals surface area contributed by atoms with E-state index in [0.717, 1.165) is 6.07 Å². The van der Waals surface area contributed by atoms with Gasteiger partial charge in [-0.25, -0.2) is 8.78 Å². The molecule has 0 fully saturated rings. The molecule has 2 rings (SSSR count). The van der Waals surface area contributed by atoms with E-state index in [2.05, 4.69) is 0 Å². The lowest BCUT2D eigenvalue weighted by Gasteiger charge is -2.09. The van der Waals surface area contributed by atoms with Gasteiger partial charge in [0.15, 0.2) is 0 Å². The highest BCUT2D eigenvalue weighted by Crippen LogP contribution is 2.23. The first-order chi connectivity index (χ1) is 9.45. The van der Waals surface area contributed by atoms with Gasteiger partial charge in [-0.05, 0) is 35.9 Å². The van der Waals surface area contributed by atoms with E-state index in [1.54, 1.807) is 12.1 Å². The minimum atomic E-state index is -0.659. The van der Waals surface area contributed by atoms with Crippen molar-refractivity contribution in [1.82, 2.24) is 0 Å². The Balaban J connectivity index is 2.11. The Hall–Kier alpha value is -2.14. The standard InChI is InChI=1S/C14H11ClF2N2O/c15-13-6-11(1-2-12(13)14(18)19)20-7-8-3-9(16)5-10(17)4-8/h1-6H,7H2,(H3,18,19). The molecule has 6 heteroatoms. The lowest BCUT2D eigenvalue weighted by Crippen LogP contribution is -2.11. The molecule has 0 atom stereocenters. The summed E-state index contributed by atoms with van der Waals surface area (Å²) in [4.78, 5) is 0. The molecule has 0 radical (unpaired) electrons. The maximum Gasteiger partial charge on any atom is 0.126 e. The van der Waals surface area contributed by atoms with Crippen LogP contribution in [0.3, 0.4) is 0 Å². The van der Waals surface area contributed by atoms with E-state index in [4.69, 9.17) is 27.5 Å². The minimum absolute atomic E-state index is 0.00439. The Labute approximate surface area is 119 Å². The van der Waals surface area contributed by atoms with Gasteiger partial charge in [0.2, 0.25) is 0 Å². The molecule has 0 saturated carbocycles. The summed E-state index contributed by atoms with van der Waals surface area (Å²) in [5.74, 6) is -1.04. The zero-order valence-electron chi connectivity index (χ0n) is 10.3. The Morgan fingerprint density at radius 1 is 1.15 bits per heavy atom. The zero-order chi connectivity index (χ0) is 14.7. The van der Waals surface area contributed by atoms with Crippen molar-refractivity contribution in [2.45, 2.75) is 6.61 Å². The monoisotopic (exact) mass is 296 g/mol. The van der Waals surface area contributed by atoms with Crippen LogP contribution in [0, 0.1) is 17.0 Å². The molecule has 0 aliphatic carbocycles. The predicted octanol–water partition coefficient (Wildman–Crippen LogP) is 3.48. The lowest BCUT2D eigenvalue weighted by molar-refractivity contribution is 0.305. The third-order valence-electron chi connectivity index (χ3n) is 2.56. The molecule has 3 N–H and O–H groups in total. The molecule has 2 aromatic rings. The van der Waals surface area contributed by atoms with E-state index in [0.29, 0.717) is 16.9 Å². The third kappa shape index (κ3) is 3.45. The highest BCUT2D eigenvalue weighted by Gasteiger charge is 2.06. The van der Waals surface area contributed by atoms with E-state index in [9.17, 15) is 8.78 Å². The van der Waals surface area contributed by atoms with Gasteiger partial charge in [0.25, 0.3) is 0 Å². The molecule has 0 aliphatic heterocycles. The zero-order valence-corrected chi connectivity index (χ0v) is 11.0. The largest absolute Gasteiger partial charge is 0.489 e. The lowest BCUT2D eigenvalue weighted by atomic mass is 10.2. The van der Waals surface area contributed by atoms with E-state index in [1.165, 1.54) is 18.2 Å². The first kappa shape index (κ1) is 14.3. The van der Waals surface area contributed by atoms with Crippen molar-refractivity contribution in [2.24, 2.45) is 5.73 Å². The number of benzene rings is 2. The second kappa shape index (κ2) is 5.88. The summed E-state index contributed by atoms with van der Waals surface area (Å²) in [5.41, 5.74) is 6.11. The fourth-order valence-electron chi connectivity index (χ4n) is 1.66. The summed E-state index contributed by atoms with van der Waals surface area (Å²) in [6.45, 7) is 0.00439. The van der Waals surface area contributed by atoms with Crippen LogP contribution in [0.5, 0.6) is 5.75 Å². The first-order valence-corrected chi connectivity index (χ1v) is 6.05. The second-order valence-corrected chi connectivity index (χ2v) is 4.53. The number of amidine groups is 1. The Bertz CT molecular complexity index is 641. The van der Waals surface area contributed by atoms with Gasteiger partial charge in [-0.15, -0.1) is 0 Å². The Morgan fingerprint density at radius 3 is 2.35 bits per heavy atom. The molecule has 0 saturated heterocycles. The number of ether oxygens (including phenoxy) is 1. The highest BCUT2D eigenvalue weighted by molar-refractivity contribution is 6.34. The van der Waals surface area contributed by atoms with E-state index in [1.807, 2.05) is 0 Å². The first-order valence-electron chi connectivity index (χ1n) is 5.67. The van der Waals surface area contributed by atoms with Gasteiger partial charge >= 0.3 is 0 Å². The van der Waals surface area contributed by atoms with Crippen molar-refractivity contribution < 1.29 is 13.5 Å². The molecule has 0 aliphatic rings. The Kier molecular flexibility index (Phi) is 4.20. The van der Waals surface area contributed by atoms with E-state index < -0.39 is 11.6 Å². The van der Waals surface area contributed by atoms with Crippen LogP contribution in [0.4, 0.5) is 8.78 Å². The van der Waals surface area contributed by atoms with Crippen LogP contribution in [-0.4, -0.2) is 5.84 Å². The number of hydrogen-bond acceptors (Lipinski definition) is 2. The summed E-state index contributed by atoms with van der Waals surface area (Å²) in [7, 11) is 0. The van der Waals surface area contributed by atoms with Gasteiger partial charge in [-0.3, -0.25) is 5.41 Å². The van der Waals surface area contributed by atoms with Crippen LogP contribution in [0.15, 0.2) is 36.4 Å². The fraction of sp³-hybridized carbons (Fsp3) is 0.0714. The molecule has 0 heterocycles. The smallest absolute Gasteiger partial charge is 0.126 e. The Morgan fingerprint density at radius 2 is 1.80 bits per heavy atom. The molecule has 0 aromatic heterocycles. The van der Waals surface area contributed by atoms with Gasteiger partial charge in [-0.2, -0.15) is 0 Å². The molecule has 3 nitrogen and oxygen atoms in total. The third-order valence-corrected chi connectivity index (χ3v) is 2.87. The SMILES string of the molecule is N=C(N)c1ccc(OCc2cc(F)cc(F)c2)cc1Cl. The number of nitrogens with two attached hydrogens (primary N) is 1. The maximum atomic E-state index is 13.0. The van der Waals surface area contributed by atoms with Gasteiger partial charge < -0.3 is 10.5 Å². The summed E-state index contributed by atoms with van der Waals surface area (Å²) in [6, 6.07) is 7.80. The average Bonchev–Trinajstić information content (AvgIpc) is 2.35. The second-order valence-electron chi connectivity index (χ2n) is 4.12. The van der Waals surface area contributed by atoms with Crippen LogP contribution < -0.4 is 10.5 Å². The van der Waals surface area contributed by atoms with Gasteiger partial charge in [0.1, 0.15) is 29.8 Å². The highest BCUT2D eigenvalue weighted by atomic mass is 35.5. The van der Waals surface area contributed by atoms with Crippen molar-refractivity contribution in [2.75, 3.05) is 0 Å². The number of nitrogens with one attached hydrogen (secondary N) is 1. The average molecular weight is 297 g/mol. The van der Waals surface area contributed by atoms with Gasteiger partial charge in [0, 0.05) is 11.6 Å². The molecular formula is C14H11ClF2N2O. The van der Waals surface area contributed by atoms with E-state index in [-0.39, 0.29) is 17.5 Å². The van der Waals surface area contributed by atoms with Gasteiger partial charge in [-0.1, -0.05) is 11.6 Å². The molecule has 0 unspecified atom stereocenters. The predicted molar refractivity (Wildman–Crippen MR) is 73.2 cm³/mol. The summed E-state index contributed by atoms with van der Waals surface area (Å²) >= 11 is 5.94. The number of halogens is 3. The number of nitrogen functional groups attached to an aromatic ring is 1. The molecule has 0 spiro atoms. The normalized spacial score (nSPS) is 10.3. The van der Waals surface area contributed by atoms with Crippen LogP contribution in [0.25, 0.3) is 0 Å². The van der Waals surface area contributed by atoms with Crippen LogP contribution in [0.1, 0.15) is 11.1 Å². The number of rotatable bonds is 4. The minimum Gasteiger partial charge on any atom is -0.489 e. The molecule has 0 bridgehead atoms. The molecule has 2 aromatic carbocycles. The fourth-order valence-corrected chi connectivity index (χ4v) is 1.94. The molecular weight excluding hydrogens is 286 g/mol. The van der Waals surface area contributed by atoms with Crippen molar-refractivity contribution in [1.29, 1.82) is 5.41 Å². The van der Waals surface area contributed by atoms with Crippen LogP contribution in [0.2, 0.25) is 5.02 Å². The molecule has 20 heavy (non-hydrogen) atoms. The van der Waals surface area contributed by atoms with Crippen LogP contribution >= 0.6 is 11.6 Å². The molecule has 104 valence electrons. The number of hydrogen-bond donors (Lipinski definition) is 2. The van der Waals surface area contributed by atoms with E-state index >= 15 is 0 Å². The quantitative estimate of drug-likeness (QED) is 0.670. The van der Waals surface area contributed by atoms with Crippen molar-refractivity contribution in [3.63, 3.8) is 0 Å². The summed E-state index contributed by atoms with van der Waals surface area (Å²) in [5, 5.41) is 7.58. The van der Waals surface area contributed by atoms with Crippen molar-refractivity contribution in [3.8, 4) is 5.75 Å². The van der Waals surface area contributed by atoms with Crippen LogP contribution in [-0.2, 0) is 6.61 Å². The van der Waals surface area contributed by atoms with Crippen molar-refractivity contribution in [3.05, 3.63) is 64.2 Å². The maximum absolute atomic E-state index is 13.0. The summed E-state index contributed by atoms with van der Waals surface area (Å²) in [6.07, 6.45) is 0. The van der Waals surface area contributed by atoms with Crippen molar-refractivity contribution >= 4 is 17.4 Å². The molecule has 0 amide bonds.